The third kappa shape index (κ3) is 6.18. The Hall–Kier alpha value is -3.79. The molecule has 28 heavy (non-hydrogen) atoms. The summed E-state index contributed by atoms with van der Waals surface area (Å²) < 4.78 is 10.5. The van der Waals surface area contributed by atoms with Crippen molar-refractivity contribution in [1.82, 2.24) is 5.32 Å². The predicted molar refractivity (Wildman–Crippen MR) is 104 cm³/mol. The molecule has 2 aromatic carbocycles. The Morgan fingerprint density at radius 2 is 1.93 bits per heavy atom. The summed E-state index contributed by atoms with van der Waals surface area (Å²) in [5, 5.41) is 12.1. The highest BCUT2D eigenvalue weighted by Gasteiger charge is 2.11. The van der Waals surface area contributed by atoms with Gasteiger partial charge in [0.15, 0.2) is 18.1 Å². The normalized spacial score (nSPS) is 10.6. The first-order chi connectivity index (χ1) is 13.5. The lowest BCUT2D eigenvalue weighted by molar-refractivity contribution is -0.120. The second kappa shape index (κ2) is 10.4. The molecule has 0 aliphatic carbocycles. The van der Waals surface area contributed by atoms with Crippen LogP contribution in [0.3, 0.4) is 0 Å². The summed E-state index contributed by atoms with van der Waals surface area (Å²) in [4.78, 5) is 23.1. The number of ether oxygens (including phenoxy) is 2. The maximum atomic E-state index is 12.3. The van der Waals surface area contributed by atoms with E-state index >= 15 is 0 Å². The van der Waals surface area contributed by atoms with E-state index in [9.17, 15) is 14.9 Å². The molecule has 0 aliphatic rings. The van der Waals surface area contributed by atoms with Crippen LogP contribution in [0.2, 0.25) is 0 Å². The molecular weight excluding hydrogens is 358 g/mol. The molecule has 0 saturated carbocycles. The van der Waals surface area contributed by atoms with Crippen LogP contribution in [0.25, 0.3) is 6.08 Å². The molecule has 0 saturated heterocycles. The van der Waals surface area contributed by atoms with Gasteiger partial charge in [-0.1, -0.05) is 36.4 Å². The van der Waals surface area contributed by atoms with Gasteiger partial charge in [-0.15, -0.1) is 0 Å². The zero-order valence-corrected chi connectivity index (χ0v) is 15.5. The molecule has 2 aromatic rings. The van der Waals surface area contributed by atoms with Crippen LogP contribution in [0.1, 0.15) is 11.1 Å². The Kier molecular flexibility index (Phi) is 7.61. The van der Waals surface area contributed by atoms with Crippen molar-refractivity contribution in [2.24, 2.45) is 5.73 Å². The molecule has 0 bridgehead atoms. The second-order valence-corrected chi connectivity index (χ2v) is 5.83. The van der Waals surface area contributed by atoms with Gasteiger partial charge in [-0.2, -0.15) is 5.26 Å². The first-order valence-corrected chi connectivity index (χ1v) is 8.56. The molecule has 0 fully saturated rings. The molecule has 0 spiro atoms. The third-order valence-electron chi connectivity index (χ3n) is 3.78. The topological polar surface area (TPSA) is 114 Å². The molecule has 2 amide bonds. The number of nitrogens with one attached hydrogen (secondary N) is 1. The van der Waals surface area contributed by atoms with Crippen LogP contribution in [-0.4, -0.2) is 32.1 Å². The average molecular weight is 379 g/mol. The van der Waals surface area contributed by atoms with Crippen LogP contribution in [-0.2, 0) is 16.0 Å². The number of primary amides is 1. The summed E-state index contributed by atoms with van der Waals surface area (Å²) in [6, 6.07) is 16.5. The second-order valence-electron chi connectivity index (χ2n) is 5.83. The van der Waals surface area contributed by atoms with Gasteiger partial charge in [0.1, 0.15) is 11.6 Å². The summed E-state index contributed by atoms with van der Waals surface area (Å²) in [5.74, 6) is -0.363. The summed E-state index contributed by atoms with van der Waals surface area (Å²) in [7, 11) is 1.45. The van der Waals surface area contributed by atoms with Gasteiger partial charge in [0.25, 0.3) is 11.8 Å². The quantitative estimate of drug-likeness (QED) is 0.509. The predicted octanol–water partition coefficient (Wildman–Crippen LogP) is 1.83. The Morgan fingerprint density at radius 3 is 2.57 bits per heavy atom. The van der Waals surface area contributed by atoms with Crippen LogP contribution < -0.4 is 20.5 Å². The molecule has 2 rings (SSSR count). The van der Waals surface area contributed by atoms with Crippen molar-refractivity contribution < 1.29 is 19.1 Å². The summed E-state index contributed by atoms with van der Waals surface area (Å²) >= 11 is 0. The number of nitrogens with zero attached hydrogens (tertiary/aromatic N) is 1. The first-order valence-electron chi connectivity index (χ1n) is 8.56. The van der Waals surface area contributed by atoms with E-state index < -0.39 is 11.8 Å². The van der Waals surface area contributed by atoms with E-state index in [1.54, 1.807) is 18.2 Å². The molecule has 0 atom stereocenters. The summed E-state index contributed by atoms with van der Waals surface area (Å²) in [6.07, 6.45) is 2.13. The molecule has 144 valence electrons. The summed E-state index contributed by atoms with van der Waals surface area (Å²) in [5.41, 5.74) is 6.71. The van der Waals surface area contributed by atoms with Crippen molar-refractivity contribution in [3.05, 3.63) is 65.2 Å². The van der Waals surface area contributed by atoms with Gasteiger partial charge < -0.3 is 20.5 Å². The van der Waals surface area contributed by atoms with Crippen LogP contribution in [0, 0.1) is 11.3 Å². The smallest absolute Gasteiger partial charge is 0.261 e. The number of rotatable bonds is 9. The van der Waals surface area contributed by atoms with E-state index in [1.807, 2.05) is 36.4 Å². The van der Waals surface area contributed by atoms with Crippen LogP contribution in [0.15, 0.2) is 54.1 Å². The molecular formula is C21H21N3O4. The lowest BCUT2D eigenvalue weighted by Crippen LogP contribution is -2.26. The summed E-state index contributed by atoms with van der Waals surface area (Å²) in [6.45, 7) is 0.143. The van der Waals surface area contributed by atoms with Crippen molar-refractivity contribution in [2.75, 3.05) is 20.3 Å². The SMILES string of the molecule is COc1cc(/C=C(\C#N)C(=O)NCCc2ccccc2)ccc1OCC(N)=O. The van der Waals surface area contributed by atoms with Crippen molar-refractivity contribution in [3.63, 3.8) is 0 Å². The number of hydrogen-bond donors (Lipinski definition) is 2. The fraction of sp³-hybridized carbons (Fsp3) is 0.190. The first kappa shape index (κ1) is 20.5. The Labute approximate surface area is 163 Å². The van der Waals surface area contributed by atoms with Crippen molar-refractivity contribution in [2.45, 2.75) is 6.42 Å². The molecule has 7 nitrogen and oxygen atoms in total. The van der Waals surface area contributed by atoms with Crippen molar-refractivity contribution in [3.8, 4) is 17.6 Å². The Morgan fingerprint density at radius 1 is 1.18 bits per heavy atom. The third-order valence-corrected chi connectivity index (χ3v) is 3.78. The standard InChI is InChI=1S/C21H21N3O4/c1-27-19-12-16(7-8-18(19)28-14-20(23)25)11-17(13-22)21(26)24-10-9-15-5-3-2-4-6-15/h2-8,11-12H,9-10,14H2,1H3,(H2,23,25)(H,24,26)/b17-11+. The fourth-order valence-electron chi connectivity index (χ4n) is 2.42. The zero-order valence-electron chi connectivity index (χ0n) is 15.5. The minimum atomic E-state index is -0.607. The van der Waals surface area contributed by atoms with Gasteiger partial charge in [0, 0.05) is 6.54 Å². The molecule has 0 aliphatic heterocycles. The number of benzene rings is 2. The number of hydrogen-bond acceptors (Lipinski definition) is 5. The molecule has 3 N–H and O–H groups in total. The largest absolute Gasteiger partial charge is 0.493 e. The molecule has 0 unspecified atom stereocenters. The number of methoxy groups -OCH3 is 1. The van der Waals surface area contributed by atoms with Gasteiger partial charge in [-0.05, 0) is 35.8 Å². The minimum Gasteiger partial charge on any atom is -0.493 e. The highest BCUT2D eigenvalue weighted by atomic mass is 16.5. The molecule has 0 radical (unpaired) electrons. The van der Waals surface area contributed by atoms with Crippen LogP contribution in [0.4, 0.5) is 0 Å². The van der Waals surface area contributed by atoms with Gasteiger partial charge >= 0.3 is 0 Å². The van der Waals surface area contributed by atoms with E-state index in [0.717, 1.165) is 5.56 Å². The lowest BCUT2D eigenvalue weighted by Gasteiger charge is -2.10. The van der Waals surface area contributed by atoms with Gasteiger partial charge in [0.2, 0.25) is 0 Å². The monoisotopic (exact) mass is 379 g/mol. The van der Waals surface area contributed by atoms with Crippen LogP contribution >= 0.6 is 0 Å². The Bertz CT molecular complexity index is 902. The number of nitrogens with two attached hydrogens (primary N) is 1. The van der Waals surface area contributed by atoms with Crippen LogP contribution in [0.5, 0.6) is 11.5 Å². The maximum Gasteiger partial charge on any atom is 0.261 e. The zero-order chi connectivity index (χ0) is 20.4. The number of carbonyl (C=O) groups excluding carboxylic acids is 2. The number of carbonyl (C=O) groups is 2. The van der Waals surface area contributed by atoms with E-state index in [4.69, 9.17) is 15.2 Å². The number of amides is 2. The highest BCUT2D eigenvalue weighted by Crippen LogP contribution is 2.28. The molecule has 0 aromatic heterocycles. The van der Waals surface area contributed by atoms with Crippen molar-refractivity contribution >= 4 is 17.9 Å². The highest BCUT2D eigenvalue weighted by molar-refractivity contribution is 6.01. The lowest BCUT2D eigenvalue weighted by atomic mass is 10.1. The van der Waals surface area contributed by atoms with Gasteiger partial charge in [-0.3, -0.25) is 9.59 Å². The number of nitriles is 1. The van der Waals surface area contributed by atoms with Crippen molar-refractivity contribution in [1.29, 1.82) is 5.26 Å². The van der Waals surface area contributed by atoms with E-state index in [-0.39, 0.29) is 12.2 Å². The molecule has 7 heteroatoms. The minimum absolute atomic E-state index is 0.0269. The molecule has 0 heterocycles. The van der Waals surface area contributed by atoms with E-state index in [2.05, 4.69) is 5.32 Å². The fourth-order valence-corrected chi connectivity index (χ4v) is 2.42. The van der Waals surface area contributed by atoms with Gasteiger partial charge in [-0.25, -0.2) is 0 Å². The average Bonchev–Trinajstić information content (AvgIpc) is 2.71. The van der Waals surface area contributed by atoms with E-state index in [0.29, 0.717) is 30.0 Å². The van der Waals surface area contributed by atoms with E-state index in [1.165, 1.54) is 13.2 Å². The Balaban J connectivity index is 2.04. The van der Waals surface area contributed by atoms with Gasteiger partial charge in [0.05, 0.1) is 7.11 Å². The maximum absolute atomic E-state index is 12.3.